The number of hydrogen-bond donors (Lipinski definition) is 1. The summed E-state index contributed by atoms with van der Waals surface area (Å²) < 4.78 is 18.9. The average molecular weight is 241 g/mol. The lowest BCUT2D eigenvalue weighted by Crippen LogP contribution is -1.82. The summed E-state index contributed by atoms with van der Waals surface area (Å²) in [5.74, 6) is 0.567. The van der Waals surface area contributed by atoms with Crippen molar-refractivity contribution < 1.29 is 9.13 Å². The van der Waals surface area contributed by atoms with Crippen LogP contribution < -0.4 is 4.74 Å². The maximum Gasteiger partial charge on any atom is 0.132 e. The van der Waals surface area contributed by atoms with Crippen LogP contribution in [0, 0.1) is 5.82 Å². The summed E-state index contributed by atoms with van der Waals surface area (Å²) in [6.45, 7) is 0. The van der Waals surface area contributed by atoms with Gasteiger partial charge in [-0.3, -0.25) is 0 Å². The van der Waals surface area contributed by atoms with E-state index in [4.69, 9.17) is 4.74 Å². The summed E-state index contributed by atoms with van der Waals surface area (Å²) in [4.78, 5) is 3.21. The lowest BCUT2D eigenvalue weighted by atomic mass is 10.1. The summed E-state index contributed by atoms with van der Waals surface area (Å²) in [7, 11) is 1.63. The Morgan fingerprint density at radius 1 is 1.06 bits per heavy atom. The number of halogens is 1. The summed E-state index contributed by atoms with van der Waals surface area (Å²) in [5.41, 5.74) is 2.32. The Labute approximate surface area is 104 Å². The van der Waals surface area contributed by atoms with Crippen LogP contribution in [0.1, 0.15) is 0 Å². The molecular formula is C15H12FNO. The number of aromatic nitrogens is 1. The van der Waals surface area contributed by atoms with Gasteiger partial charge >= 0.3 is 0 Å². The molecule has 0 bridgehead atoms. The minimum atomic E-state index is -0.226. The molecule has 0 unspecified atom stereocenters. The third-order valence-corrected chi connectivity index (χ3v) is 2.99. The van der Waals surface area contributed by atoms with Crippen molar-refractivity contribution in [2.75, 3.05) is 7.11 Å². The first-order valence-electron chi connectivity index (χ1n) is 5.69. The van der Waals surface area contributed by atoms with E-state index in [2.05, 4.69) is 4.98 Å². The van der Waals surface area contributed by atoms with Gasteiger partial charge in [0.25, 0.3) is 0 Å². The highest BCUT2D eigenvalue weighted by molar-refractivity contribution is 5.87. The van der Waals surface area contributed by atoms with E-state index < -0.39 is 0 Å². The van der Waals surface area contributed by atoms with E-state index in [1.807, 2.05) is 30.3 Å². The van der Waals surface area contributed by atoms with Crippen molar-refractivity contribution in [3.8, 4) is 17.0 Å². The number of fused-ring (bicyclic) bond motifs is 1. The molecule has 0 radical (unpaired) electrons. The van der Waals surface area contributed by atoms with Gasteiger partial charge in [0.15, 0.2) is 0 Å². The highest BCUT2D eigenvalue weighted by Gasteiger charge is 2.07. The molecule has 2 nitrogen and oxygen atoms in total. The quantitative estimate of drug-likeness (QED) is 0.721. The number of rotatable bonds is 2. The van der Waals surface area contributed by atoms with Gasteiger partial charge in [0, 0.05) is 22.2 Å². The van der Waals surface area contributed by atoms with E-state index in [-0.39, 0.29) is 5.82 Å². The van der Waals surface area contributed by atoms with Gasteiger partial charge in [0.1, 0.15) is 11.6 Å². The van der Waals surface area contributed by atoms with Gasteiger partial charge in [-0.15, -0.1) is 0 Å². The second-order valence-corrected chi connectivity index (χ2v) is 4.12. The van der Waals surface area contributed by atoms with Crippen molar-refractivity contribution >= 4 is 10.9 Å². The van der Waals surface area contributed by atoms with Crippen LogP contribution in [-0.2, 0) is 0 Å². The van der Waals surface area contributed by atoms with Gasteiger partial charge in [-0.2, -0.15) is 0 Å². The third-order valence-electron chi connectivity index (χ3n) is 2.99. The number of aromatic amines is 1. The summed E-state index contributed by atoms with van der Waals surface area (Å²) >= 11 is 0. The van der Waals surface area contributed by atoms with Crippen LogP contribution in [0.25, 0.3) is 22.2 Å². The molecule has 3 rings (SSSR count). The predicted octanol–water partition coefficient (Wildman–Crippen LogP) is 3.98. The van der Waals surface area contributed by atoms with Crippen molar-refractivity contribution in [3.05, 3.63) is 54.3 Å². The lowest BCUT2D eigenvalue weighted by molar-refractivity contribution is 0.415. The topological polar surface area (TPSA) is 25.0 Å². The lowest BCUT2D eigenvalue weighted by Gasteiger charge is -1.98. The molecule has 0 atom stereocenters. The zero-order valence-corrected chi connectivity index (χ0v) is 9.91. The Hall–Kier alpha value is -2.29. The van der Waals surface area contributed by atoms with E-state index >= 15 is 0 Å². The van der Waals surface area contributed by atoms with E-state index in [0.29, 0.717) is 5.56 Å². The minimum Gasteiger partial charge on any atom is -0.497 e. The number of benzene rings is 2. The van der Waals surface area contributed by atoms with Crippen molar-refractivity contribution in [1.82, 2.24) is 4.98 Å². The molecule has 90 valence electrons. The van der Waals surface area contributed by atoms with E-state index in [9.17, 15) is 4.39 Å². The van der Waals surface area contributed by atoms with Crippen molar-refractivity contribution in [2.45, 2.75) is 0 Å². The van der Waals surface area contributed by atoms with Gasteiger partial charge in [0.05, 0.1) is 7.11 Å². The monoisotopic (exact) mass is 241 g/mol. The van der Waals surface area contributed by atoms with Crippen LogP contribution in [0.2, 0.25) is 0 Å². The Balaban J connectivity index is 2.17. The fourth-order valence-corrected chi connectivity index (χ4v) is 2.06. The maximum atomic E-state index is 13.7. The second kappa shape index (κ2) is 4.18. The fraction of sp³-hybridized carbons (Fsp3) is 0.0667. The van der Waals surface area contributed by atoms with E-state index in [0.717, 1.165) is 22.3 Å². The smallest absolute Gasteiger partial charge is 0.132 e. The number of hydrogen-bond acceptors (Lipinski definition) is 1. The molecule has 0 aliphatic rings. The highest BCUT2D eigenvalue weighted by atomic mass is 19.1. The first-order valence-corrected chi connectivity index (χ1v) is 5.69. The van der Waals surface area contributed by atoms with Gasteiger partial charge in [-0.25, -0.2) is 4.39 Å². The molecule has 0 fully saturated rings. The average Bonchev–Trinajstić information content (AvgIpc) is 2.81. The molecule has 3 aromatic rings. The Bertz CT molecular complexity index is 703. The molecule has 3 heteroatoms. The zero-order chi connectivity index (χ0) is 12.5. The molecule has 0 aliphatic heterocycles. The molecule has 1 heterocycles. The predicted molar refractivity (Wildman–Crippen MR) is 70.2 cm³/mol. The number of ether oxygens (including phenoxy) is 1. The Kier molecular flexibility index (Phi) is 2.52. The first-order chi connectivity index (χ1) is 8.78. The van der Waals surface area contributed by atoms with Crippen LogP contribution in [0.15, 0.2) is 48.5 Å². The van der Waals surface area contributed by atoms with Gasteiger partial charge in [0.2, 0.25) is 0 Å². The molecule has 0 amide bonds. The molecule has 1 N–H and O–H groups in total. The number of methoxy groups -OCH3 is 1. The van der Waals surface area contributed by atoms with Crippen molar-refractivity contribution in [1.29, 1.82) is 0 Å². The Morgan fingerprint density at radius 2 is 1.89 bits per heavy atom. The molecule has 18 heavy (non-hydrogen) atoms. The maximum absolute atomic E-state index is 13.7. The van der Waals surface area contributed by atoms with E-state index in [1.54, 1.807) is 19.2 Å². The zero-order valence-electron chi connectivity index (χ0n) is 9.91. The van der Waals surface area contributed by atoms with Crippen LogP contribution >= 0.6 is 0 Å². The molecule has 0 saturated heterocycles. The molecule has 2 aromatic carbocycles. The number of H-pyrrole nitrogens is 1. The Morgan fingerprint density at radius 3 is 2.67 bits per heavy atom. The van der Waals surface area contributed by atoms with Crippen LogP contribution in [-0.4, -0.2) is 12.1 Å². The van der Waals surface area contributed by atoms with Crippen molar-refractivity contribution in [2.24, 2.45) is 0 Å². The summed E-state index contributed by atoms with van der Waals surface area (Å²) in [6.07, 6.45) is 0. The molecule has 1 aromatic heterocycles. The van der Waals surface area contributed by atoms with Gasteiger partial charge in [-0.05, 0) is 36.4 Å². The SMILES string of the molecule is COc1ccc2[nH]c(-c3ccccc3F)cc2c1. The van der Waals surface area contributed by atoms with Gasteiger partial charge < -0.3 is 9.72 Å². The van der Waals surface area contributed by atoms with Gasteiger partial charge in [-0.1, -0.05) is 12.1 Å². The largest absolute Gasteiger partial charge is 0.497 e. The number of nitrogens with one attached hydrogen (secondary N) is 1. The van der Waals surface area contributed by atoms with Crippen molar-refractivity contribution in [3.63, 3.8) is 0 Å². The molecule has 0 aliphatic carbocycles. The summed E-state index contributed by atoms with van der Waals surface area (Å²) in [6, 6.07) is 14.4. The summed E-state index contributed by atoms with van der Waals surface area (Å²) in [5, 5.41) is 1.01. The molecule has 0 saturated carbocycles. The van der Waals surface area contributed by atoms with Crippen LogP contribution in [0.4, 0.5) is 4.39 Å². The fourth-order valence-electron chi connectivity index (χ4n) is 2.06. The normalized spacial score (nSPS) is 10.8. The minimum absolute atomic E-state index is 0.226. The van der Waals surface area contributed by atoms with E-state index in [1.165, 1.54) is 6.07 Å². The molecule has 0 spiro atoms. The third kappa shape index (κ3) is 1.74. The van der Waals surface area contributed by atoms with Crippen LogP contribution in [0.5, 0.6) is 5.75 Å². The standard InChI is InChI=1S/C15H12FNO/c1-18-11-6-7-14-10(8-11)9-15(17-14)12-4-2-3-5-13(12)16/h2-9,17H,1H3. The van der Waals surface area contributed by atoms with Crippen LogP contribution in [0.3, 0.4) is 0 Å². The second-order valence-electron chi connectivity index (χ2n) is 4.12. The molecular weight excluding hydrogens is 229 g/mol. The highest BCUT2D eigenvalue weighted by Crippen LogP contribution is 2.28. The first kappa shape index (κ1) is 10.8.